The van der Waals surface area contributed by atoms with E-state index < -0.39 is 0 Å². The summed E-state index contributed by atoms with van der Waals surface area (Å²) in [6.45, 7) is 0.518. The highest BCUT2D eigenvalue weighted by Crippen LogP contribution is 2.35. The second-order valence-corrected chi connectivity index (χ2v) is 4.83. The average Bonchev–Trinajstić information content (AvgIpc) is 2.38. The molecule has 1 aromatic carbocycles. The lowest BCUT2D eigenvalue weighted by Crippen LogP contribution is -2.09. The molecule has 3 nitrogen and oxygen atoms in total. The average molecular weight is 239 g/mol. The Morgan fingerprint density at radius 1 is 1.11 bits per heavy atom. The van der Waals surface area contributed by atoms with Gasteiger partial charge in [-0.1, -0.05) is 30.7 Å². The first-order chi connectivity index (χ1) is 8.88. The Balaban J connectivity index is 1.91. The van der Waals surface area contributed by atoms with Crippen molar-refractivity contribution in [3.05, 3.63) is 47.8 Å². The third-order valence-electron chi connectivity index (χ3n) is 3.73. The SMILES string of the molecule is NCc1ccccc1-c1ncc(C2CCC2)cn1. The first-order valence-corrected chi connectivity index (χ1v) is 6.49. The molecule has 0 unspecified atom stereocenters. The Labute approximate surface area is 107 Å². The molecule has 1 aliphatic rings. The monoisotopic (exact) mass is 239 g/mol. The van der Waals surface area contributed by atoms with Gasteiger partial charge in [0.25, 0.3) is 0 Å². The molecule has 1 fully saturated rings. The van der Waals surface area contributed by atoms with Crippen LogP contribution < -0.4 is 5.73 Å². The van der Waals surface area contributed by atoms with E-state index in [1.54, 1.807) is 0 Å². The van der Waals surface area contributed by atoms with Gasteiger partial charge in [0.05, 0.1) is 0 Å². The number of nitrogens with two attached hydrogens (primary N) is 1. The van der Waals surface area contributed by atoms with Crippen molar-refractivity contribution in [2.45, 2.75) is 31.7 Å². The maximum atomic E-state index is 5.74. The Kier molecular flexibility index (Phi) is 3.07. The highest BCUT2D eigenvalue weighted by atomic mass is 14.9. The zero-order chi connectivity index (χ0) is 12.4. The summed E-state index contributed by atoms with van der Waals surface area (Å²) < 4.78 is 0. The second kappa shape index (κ2) is 4.86. The lowest BCUT2D eigenvalue weighted by molar-refractivity contribution is 0.418. The van der Waals surface area contributed by atoms with Crippen molar-refractivity contribution in [2.24, 2.45) is 5.73 Å². The Hall–Kier alpha value is -1.74. The second-order valence-electron chi connectivity index (χ2n) is 4.83. The summed E-state index contributed by atoms with van der Waals surface area (Å²) in [6, 6.07) is 8.05. The molecule has 92 valence electrons. The topological polar surface area (TPSA) is 51.8 Å². The Morgan fingerprint density at radius 2 is 1.83 bits per heavy atom. The summed E-state index contributed by atoms with van der Waals surface area (Å²) in [5.41, 5.74) is 9.15. The molecule has 3 rings (SSSR count). The summed E-state index contributed by atoms with van der Waals surface area (Å²) in [5.74, 6) is 1.46. The van der Waals surface area contributed by atoms with E-state index in [1.165, 1.54) is 24.8 Å². The van der Waals surface area contributed by atoms with E-state index in [1.807, 2.05) is 36.7 Å². The molecule has 3 heteroatoms. The number of rotatable bonds is 3. The minimum absolute atomic E-state index is 0.518. The largest absolute Gasteiger partial charge is 0.326 e. The van der Waals surface area contributed by atoms with E-state index in [0.29, 0.717) is 12.5 Å². The van der Waals surface area contributed by atoms with Crippen molar-refractivity contribution in [1.29, 1.82) is 0 Å². The fourth-order valence-electron chi connectivity index (χ4n) is 2.35. The zero-order valence-electron chi connectivity index (χ0n) is 10.3. The third-order valence-corrected chi connectivity index (χ3v) is 3.73. The van der Waals surface area contributed by atoms with Gasteiger partial charge in [0.2, 0.25) is 0 Å². The molecule has 0 spiro atoms. The van der Waals surface area contributed by atoms with Gasteiger partial charge in [-0.15, -0.1) is 0 Å². The molecule has 0 radical (unpaired) electrons. The summed E-state index contributed by atoms with van der Waals surface area (Å²) in [7, 11) is 0. The minimum atomic E-state index is 0.518. The zero-order valence-corrected chi connectivity index (χ0v) is 10.3. The van der Waals surface area contributed by atoms with Crippen LogP contribution in [0.15, 0.2) is 36.7 Å². The number of aromatic nitrogens is 2. The van der Waals surface area contributed by atoms with Crippen LogP contribution in [0.3, 0.4) is 0 Å². The number of benzene rings is 1. The van der Waals surface area contributed by atoms with Crippen molar-refractivity contribution in [1.82, 2.24) is 9.97 Å². The fraction of sp³-hybridized carbons (Fsp3) is 0.333. The molecule has 0 amide bonds. The van der Waals surface area contributed by atoms with Crippen molar-refractivity contribution in [3.8, 4) is 11.4 Å². The van der Waals surface area contributed by atoms with Crippen LogP contribution in [0.1, 0.15) is 36.3 Å². The van der Waals surface area contributed by atoms with Gasteiger partial charge in [0.1, 0.15) is 0 Å². The molecular weight excluding hydrogens is 222 g/mol. The molecule has 1 aliphatic carbocycles. The fourth-order valence-corrected chi connectivity index (χ4v) is 2.35. The number of hydrogen-bond donors (Lipinski definition) is 1. The van der Waals surface area contributed by atoms with Crippen LogP contribution in [0, 0.1) is 0 Å². The van der Waals surface area contributed by atoms with Gasteiger partial charge in [0.15, 0.2) is 5.82 Å². The molecule has 18 heavy (non-hydrogen) atoms. The molecule has 2 N–H and O–H groups in total. The van der Waals surface area contributed by atoms with Crippen LogP contribution >= 0.6 is 0 Å². The summed E-state index contributed by atoms with van der Waals surface area (Å²) >= 11 is 0. The van der Waals surface area contributed by atoms with Gasteiger partial charge >= 0.3 is 0 Å². The van der Waals surface area contributed by atoms with E-state index >= 15 is 0 Å². The molecule has 2 aromatic rings. The summed E-state index contributed by atoms with van der Waals surface area (Å²) in [5, 5.41) is 0. The van der Waals surface area contributed by atoms with E-state index in [-0.39, 0.29) is 0 Å². The van der Waals surface area contributed by atoms with Gasteiger partial charge in [-0.2, -0.15) is 0 Å². The maximum Gasteiger partial charge on any atom is 0.159 e. The van der Waals surface area contributed by atoms with Crippen LogP contribution in [0.5, 0.6) is 0 Å². The van der Waals surface area contributed by atoms with Gasteiger partial charge in [-0.05, 0) is 29.9 Å². The number of nitrogens with zero attached hydrogens (tertiary/aromatic N) is 2. The van der Waals surface area contributed by atoms with Crippen molar-refractivity contribution in [2.75, 3.05) is 0 Å². The predicted octanol–water partition coefficient (Wildman–Crippen LogP) is 2.87. The van der Waals surface area contributed by atoms with Crippen LogP contribution in [0.2, 0.25) is 0 Å². The van der Waals surface area contributed by atoms with Gasteiger partial charge < -0.3 is 5.73 Å². The minimum Gasteiger partial charge on any atom is -0.326 e. The lowest BCUT2D eigenvalue weighted by atomic mass is 9.81. The molecule has 1 saturated carbocycles. The van der Waals surface area contributed by atoms with Gasteiger partial charge in [0, 0.05) is 24.5 Å². The normalized spacial score (nSPS) is 15.4. The predicted molar refractivity (Wildman–Crippen MR) is 72.0 cm³/mol. The lowest BCUT2D eigenvalue weighted by Gasteiger charge is -2.25. The van der Waals surface area contributed by atoms with E-state index in [2.05, 4.69) is 9.97 Å². The van der Waals surface area contributed by atoms with E-state index in [9.17, 15) is 0 Å². The molecule has 1 aromatic heterocycles. The quantitative estimate of drug-likeness (QED) is 0.896. The molecule has 1 heterocycles. The number of hydrogen-bond acceptors (Lipinski definition) is 3. The van der Waals surface area contributed by atoms with Gasteiger partial charge in [-0.25, -0.2) is 9.97 Å². The van der Waals surface area contributed by atoms with Crippen LogP contribution in [0.4, 0.5) is 0 Å². The van der Waals surface area contributed by atoms with E-state index in [0.717, 1.165) is 17.0 Å². The van der Waals surface area contributed by atoms with E-state index in [4.69, 9.17) is 5.73 Å². The Morgan fingerprint density at radius 3 is 2.44 bits per heavy atom. The first-order valence-electron chi connectivity index (χ1n) is 6.49. The van der Waals surface area contributed by atoms with Crippen LogP contribution in [-0.2, 0) is 6.54 Å². The van der Waals surface area contributed by atoms with Gasteiger partial charge in [-0.3, -0.25) is 0 Å². The van der Waals surface area contributed by atoms with Crippen molar-refractivity contribution >= 4 is 0 Å². The third kappa shape index (κ3) is 2.02. The smallest absolute Gasteiger partial charge is 0.159 e. The molecule has 0 saturated heterocycles. The highest BCUT2D eigenvalue weighted by Gasteiger charge is 2.20. The van der Waals surface area contributed by atoms with Crippen LogP contribution in [-0.4, -0.2) is 9.97 Å². The maximum absolute atomic E-state index is 5.74. The molecule has 0 aliphatic heterocycles. The van der Waals surface area contributed by atoms with Crippen molar-refractivity contribution in [3.63, 3.8) is 0 Å². The molecule has 0 atom stereocenters. The summed E-state index contributed by atoms with van der Waals surface area (Å²) in [6.07, 6.45) is 7.84. The molecule has 0 bridgehead atoms. The highest BCUT2D eigenvalue weighted by molar-refractivity contribution is 5.59. The first kappa shape index (κ1) is 11.4. The summed E-state index contributed by atoms with van der Waals surface area (Å²) in [4.78, 5) is 8.99. The Bertz CT molecular complexity index is 530. The standard InChI is InChI=1S/C15H17N3/c16-8-12-4-1-2-7-14(12)15-17-9-13(10-18-15)11-5-3-6-11/h1-2,4,7,9-11H,3,5-6,8,16H2. The van der Waals surface area contributed by atoms with Crippen LogP contribution in [0.25, 0.3) is 11.4 Å². The van der Waals surface area contributed by atoms with Crippen molar-refractivity contribution < 1.29 is 0 Å². The molecular formula is C15H17N3.